The molecule has 0 radical (unpaired) electrons. The van der Waals surface area contributed by atoms with Crippen molar-refractivity contribution in [1.82, 2.24) is 15.5 Å². The van der Waals surface area contributed by atoms with Crippen LogP contribution in [-0.2, 0) is 4.79 Å². The van der Waals surface area contributed by atoms with Crippen LogP contribution in [0.15, 0.2) is 28.6 Å². The zero-order valence-electron chi connectivity index (χ0n) is 13.9. The lowest BCUT2D eigenvalue weighted by Gasteiger charge is -2.19. The number of benzene rings is 1. The minimum absolute atomic E-state index is 0.125. The Balaban J connectivity index is 1.79. The van der Waals surface area contributed by atoms with Gasteiger partial charge in [0.05, 0.1) is 5.75 Å². The Labute approximate surface area is 152 Å². The van der Waals surface area contributed by atoms with Gasteiger partial charge in [-0.25, -0.2) is 9.18 Å². The number of rotatable bonds is 5. The molecule has 2 aromatic rings. The third-order valence-corrected chi connectivity index (χ3v) is 4.54. The minimum atomic E-state index is -0.366. The maximum atomic E-state index is 12.8. The number of urea groups is 1. The molecule has 0 saturated heterocycles. The molecule has 0 aliphatic rings. The predicted molar refractivity (Wildman–Crippen MR) is 97.6 cm³/mol. The highest BCUT2D eigenvalue weighted by Crippen LogP contribution is 2.25. The number of hydrogen-bond donors (Lipinski definition) is 3. The highest BCUT2D eigenvalue weighted by atomic mass is 32.2. The number of thioether (sulfide) groups is 1. The van der Waals surface area contributed by atoms with Gasteiger partial charge in [0, 0.05) is 11.2 Å². The van der Waals surface area contributed by atoms with E-state index in [1.54, 1.807) is 0 Å². The van der Waals surface area contributed by atoms with Gasteiger partial charge in [-0.05, 0) is 45.0 Å². The van der Waals surface area contributed by atoms with Crippen molar-refractivity contribution in [3.63, 3.8) is 0 Å². The number of aromatic nitrogens is 2. The van der Waals surface area contributed by atoms with Gasteiger partial charge >= 0.3 is 6.03 Å². The van der Waals surface area contributed by atoms with Crippen molar-refractivity contribution in [1.29, 1.82) is 0 Å². The Morgan fingerprint density at radius 3 is 2.48 bits per heavy atom. The molecule has 1 aromatic heterocycles. The number of carbonyl (C=O) groups excluding carboxylic acids is 2. The van der Waals surface area contributed by atoms with Crippen LogP contribution in [0.5, 0.6) is 0 Å². The van der Waals surface area contributed by atoms with Crippen molar-refractivity contribution in [3.8, 4) is 0 Å². The summed E-state index contributed by atoms with van der Waals surface area (Å²) in [6, 6.07) is 5.15. The first-order chi connectivity index (χ1) is 11.7. The van der Waals surface area contributed by atoms with Crippen molar-refractivity contribution in [3.05, 3.63) is 30.1 Å². The zero-order valence-corrected chi connectivity index (χ0v) is 15.6. The molecule has 3 N–H and O–H groups in total. The van der Waals surface area contributed by atoms with Crippen LogP contribution in [-0.4, -0.2) is 33.4 Å². The SMILES string of the molecule is CC(C)(C)NC(=O)Nc1nnc(SCC(=O)Nc2ccc(F)cc2)s1. The van der Waals surface area contributed by atoms with E-state index in [9.17, 15) is 14.0 Å². The maximum absolute atomic E-state index is 12.8. The van der Waals surface area contributed by atoms with Gasteiger partial charge in [-0.2, -0.15) is 0 Å². The smallest absolute Gasteiger partial charge is 0.321 e. The van der Waals surface area contributed by atoms with Crippen molar-refractivity contribution in [2.24, 2.45) is 0 Å². The summed E-state index contributed by atoms with van der Waals surface area (Å²) in [6.07, 6.45) is 0. The summed E-state index contributed by atoms with van der Waals surface area (Å²) in [5.41, 5.74) is 0.163. The Bertz CT molecular complexity index is 743. The van der Waals surface area contributed by atoms with Crippen molar-refractivity contribution >= 4 is 45.9 Å². The van der Waals surface area contributed by atoms with E-state index in [1.165, 1.54) is 47.4 Å². The van der Waals surface area contributed by atoms with Gasteiger partial charge < -0.3 is 10.6 Å². The molecule has 0 saturated carbocycles. The molecule has 1 heterocycles. The summed E-state index contributed by atoms with van der Waals surface area (Å²) in [5, 5.41) is 16.1. The first-order valence-electron chi connectivity index (χ1n) is 7.32. The molecule has 0 spiro atoms. The first-order valence-corrected chi connectivity index (χ1v) is 9.12. The van der Waals surface area contributed by atoms with Gasteiger partial charge in [-0.15, -0.1) is 10.2 Å². The van der Waals surface area contributed by atoms with Gasteiger partial charge in [-0.1, -0.05) is 23.1 Å². The molecule has 0 unspecified atom stereocenters. The Morgan fingerprint density at radius 1 is 1.16 bits per heavy atom. The largest absolute Gasteiger partial charge is 0.333 e. The van der Waals surface area contributed by atoms with E-state index in [1.807, 2.05) is 20.8 Å². The fourth-order valence-electron chi connectivity index (χ4n) is 1.65. The number of amides is 3. The van der Waals surface area contributed by atoms with Crippen LogP contribution in [0, 0.1) is 5.82 Å². The molecule has 0 aliphatic heterocycles. The topological polar surface area (TPSA) is 96.0 Å². The van der Waals surface area contributed by atoms with Gasteiger partial charge in [-0.3, -0.25) is 10.1 Å². The first kappa shape index (κ1) is 19.1. The van der Waals surface area contributed by atoms with Crippen molar-refractivity contribution in [2.45, 2.75) is 30.6 Å². The summed E-state index contributed by atoms with van der Waals surface area (Å²) in [4.78, 5) is 23.6. The van der Waals surface area contributed by atoms with Crippen LogP contribution in [0.3, 0.4) is 0 Å². The molecule has 2 rings (SSSR count). The van der Waals surface area contributed by atoms with E-state index in [-0.39, 0.29) is 29.0 Å². The zero-order chi connectivity index (χ0) is 18.4. The van der Waals surface area contributed by atoms with Gasteiger partial charge in [0.2, 0.25) is 11.0 Å². The highest BCUT2D eigenvalue weighted by molar-refractivity contribution is 8.01. The maximum Gasteiger partial charge on any atom is 0.321 e. The van der Waals surface area contributed by atoms with Crippen molar-refractivity contribution < 1.29 is 14.0 Å². The van der Waals surface area contributed by atoms with Crippen LogP contribution in [0.2, 0.25) is 0 Å². The number of hydrogen-bond acceptors (Lipinski definition) is 6. The number of anilines is 2. The van der Waals surface area contributed by atoms with Crippen LogP contribution < -0.4 is 16.0 Å². The molecule has 134 valence electrons. The van der Waals surface area contributed by atoms with Gasteiger partial charge in [0.25, 0.3) is 0 Å². The summed E-state index contributed by atoms with van der Waals surface area (Å²) >= 11 is 2.38. The average Bonchev–Trinajstić information content (AvgIpc) is 2.93. The molecule has 25 heavy (non-hydrogen) atoms. The molecular weight excluding hydrogens is 365 g/mol. The molecule has 7 nitrogen and oxygen atoms in total. The van der Waals surface area contributed by atoms with Crippen LogP contribution in [0.25, 0.3) is 0 Å². The Kier molecular flexibility index (Phi) is 6.32. The molecule has 0 bridgehead atoms. The highest BCUT2D eigenvalue weighted by Gasteiger charge is 2.15. The lowest BCUT2D eigenvalue weighted by molar-refractivity contribution is -0.113. The van der Waals surface area contributed by atoms with E-state index in [0.717, 1.165) is 0 Å². The standard InChI is InChI=1S/C15H18FN5O2S2/c1-15(2,3)19-12(23)18-13-20-21-14(25-13)24-8-11(22)17-10-6-4-9(16)5-7-10/h4-7H,8H2,1-3H3,(H,17,22)(H2,18,19,20,23). The summed E-state index contributed by atoms with van der Waals surface area (Å²) in [7, 11) is 0. The van der Waals surface area contributed by atoms with Gasteiger partial charge in [0.15, 0.2) is 4.34 Å². The molecule has 1 aromatic carbocycles. The quantitative estimate of drug-likeness (QED) is 0.544. The third-order valence-electron chi connectivity index (χ3n) is 2.57. The summed E-state index contributed by atoms with van der Waals surface area (Å²) < 4.78 is 13.4. The second-order valence-corrected chi connectivity index (χ2v) is 8.25. The lowest BCUT2D eigenvalue weighted by Crippen LogP contribution is -2.43. The number of carbonyl (C=O) groups is 2. The second kappa shape index (κ2) is 8.26. The average molecular weight is 383 g/mol. The molecule has 10 heteroatoms. The summed E-state index contributed by atoms with van der Waals surface area (Å²) in [5.74, 6) is -0.483. The fraction of sp³-hybridized carbons (Fsp3) is 0.333. The molecule has 0 aliphatic carbocycles. The third kappa shape index (κ3) is 7.06. The molecule has 0 atom stereocenters. The van der Waals surface area contributed by atoms with Crippen LogP contribution in [0.1, 0.15) is 20.8 Å². The molecule has 3 amide bonds. The van der Waals surface area contributed by atoms with E-state index in [4.69, 9.17) is 0 Å². The monoisotopic (exact) mass is 383 g/mol. The normalized spacial score (nSPS) is 11.0. The number of halogens is 1. The number of nitrogens with one attached hydrogen (secondary N) is 3. The van der Waals surface area contributed by atoms with Gasteiger partial charge in [0.1, 0.15) is 5.82 Å². The van der Waals surface area contributed by atoms with E-state index in [2.05, 4.69) is 26.1 Å². The van der Waals surface area contributed by atoms with Crippen molar-refractivity contribution in [2.75, 3.05) is 16.4 Å². The second-order valence-electron chi connectivity index (χ2n) is 6.05. The van der Waals surface area contributed by atoms with E-state index < -0.39 is 0 Å². The van der Waals surface area contributed by atoms with Crippen LogP contribution in [0.4, 0.5) is 20.0 Å². The molecule has 0 fully saturated rings. The van der Waals surface area contributed by atoms with E-state index >= 15 is 0 Å². The lowest BCUT2D eigenvalue weighted by atomic mass is 10.1. The predicted octanol–water partition coefficient (Wildman–Crippen LogP) is 3.33. The number of nitrogens with zero attached hydrogens (tertiary/aromatic N) is 2. The summed E-state index contributed by atoms with van der Waals surface area (Å²) in [6.45, 7) is 5.61. The van der Waals surface area contributed by atoms with Crippen LogP contribution >= 0.6 is 23.1 Å². The fourth-order valence-corrected chi connectivity index (χ4v) is 3.19. The Morgan fingerprint density at radius 2 is 1.84 bits per heavy atom. The Hall–Kier alpha value is -2.20. The molecular formula is C15H18FN5O2S2. The van der Waals surface area contributed by atoms with E-state index in [0.29, 0.717) is 15.2 Å². The minimum Gasteiger partial charge on any atom is -0.333 e.